The van der Waals surface area contributed by atoms with Crippen molar-refractivity contribution in [2.45, 2.75) is 18.8 Å². The van der Waals surface area contributed by atoms with E-state index in [2.05, 4.69) is 0 Å². The van der Waals surface area contributed by atoms with Crippen LogP contribution < -0.4 is 0 Å². The lowest BCUT2D eigenvalue weighted by molar-refractivity contribution is -0.138. The maximum absolute atomic E-state index is 13.0. The minimum atomic E-state index is -4.32. The maximum atomic E-state index is 13.0. The molecule has 112 valence electrons. The van der Waals surface area contributed by atoms with Gasteiger partial charge in [0.2, 0.25) is 0 Å². The fourth-order valence-electron chi connectivity index (χ4n) is 2.30. The summed E-state index contributed by atoms with van der Waals surface area (Å²) in [6.45, 7) is 2.41. The predicted molar refractivity (Wildman–Crippen MR) is 68.3 cm³/mol. The van der Waals surface area contributed by atoms with E-state index in [9.17, 15) is 13.2 Å². The first-order valence-electron chi connectivity index (χ1n) is 6.48. The molecule has 0 spiro atoms. The van der Waals surface area contributed by atoms with Gasteiger partial charge in [-0.15, -0.1) is 0 Å². The smallest absolute Gasteiger partial charge is 0.378 e. The van der Waals surface area contributed by atoms with Crippen molar-refractivity contribution in [3.05, 3.63) is 35.4 Å². The summed E-state index contributed by atoms with van der Waals surface area (Å²) >= 11 is 0. The highest BCUT2D eigenvalue weighted by atomic mass is 19.4. The van der Waals surface area contributed by atoms with Gasteiger partial charge in [-0.2, -0.15) is 13.2 Å². The third kappa shape index (κ3) is 3.94. The molecule has 0 radical (unpaired) electrons. The standard InChI is InChI=1S/C14H18F3NO2/c1-19-12-9-18(6-7-20-10-12)8-11-4-2-3-5-13(11)14(15,16)17/h2-5,12H,6-10H2,1H3/t12-/m1/s1. The van der Waals surface area contributed by atoms with Crippen LogP contribution >= 0.6 is 0 Å². The van der Waals surface area contributed by atoms with E-state index in [0.29, 0.717) is 26.3 Å². The summed E-state index contributed by atoms with van der Waals surface area (Å²) in [5, 5.41) is 0. The van der Waals surface area contributed by atoms with Crippen LogP contribution in [0.1, 0.15) is 11.1 Å². The summed E-state index contributed by atoms with van der Waals surface area (Å²) in [6, 6.07) is 5.69. The van der Waals surface area contributed by atoms with E-state index in [1.165, 1.54) is 12.1 Å². The van der Waals surface area contributed by atoms with Gasteiger partial charge in [-0.05, 0) is 11.6 Å². The molecule has 0 unspecified atom stereocenters. The zero-order valence-electron chi connectivity index (χ0n) is 11.3. The molecule has 3 nitrogen and oxygen atoms in total. The molecular formula is C14H18F3NO2. The molecule has 1 fully saturated rings. The second-order valence-electron chi connectivity index (χ2n) is 4.82. The monoisotopic (exact) mass is 289 g/mol. The Bertz CT molecular complexity index is 437. The van der Waals surface area contributed by atoms with Gasteiger partial charge in [0.05, 0.1) is 24.9 Å². The summed E-state index contributed by atoms with van der Waals surface area (Å²) in [6.07, 6.45) is -4.42. The average Bonchev–Trinajstić information content (AvgIpc) is 2.63. The molecule has 0 N–H and O–H groups in total. The molecule has 2 rings (SSSR count). The number of hydrogen-bond donors (Lipinski definition) is 0. The van der Waals surface area contributed by atoms with Crippen LogP contribution in [0.5, 0.6) is 0 Å². The molecule has 0 amide bonds. The van der Waals surface area contributed by atoms with E-state index in [1.807, 2.05) is 4.90 Å². The van der Waals surface area contributed by atoms with Gasteiger partial charge in [-0.1, -0.05) is 18.2 Å². The Kier molecular flexibility index (Phi) is 5.01. The number of hydrogen-bond acceptors (Lipinski definition) is 3. The lowest BCUT2D eigenvalue weighted by atomic mass is 10.1. The molecule has 1 aliphatic rings. The van der Waals surface area contributed by atoms with Crippen LogP contribution in [0.25, 0.3) is 0 Å². The Morgan fingerprint density at radius 2 is 2.10 bits per heavy atom. The maximum Gasteiger partial charge on any atom is 0.416 e. The number of ether oxygens (including phenoxy) is 2. The molecule has 0 saturated carbocycles. The van der Waals surface area contributed by atoms with Crippen molar-refractivity contribution in [3.8, 4) is 0 Å². The molecule has 0 aliphatic carbocycles. The summed E-state index contributed by atoms with van der Waals surface area (Å²) in [7, 11) is 1.58. The van der Waals surface area contributed by atoms with E-state index in [4.69, 9.17) is 9.47 Å². The quantitative estimate of drug-likeness (QED) is 0.853. The van der Waals surface area contributed by atoms with Gasteiger partial charge in [-0.3, -0.25) is 4.90 Å². The largest absolute Gasteiger partial charge is 0.416 e. The highest BCUT2D eigenvalue weighted by Crippen LogP contribution is 2.32. The van der Waals surface area contributed by atoms with Crippen molar-refractivity contribution in [3.63, 3.8) is 0 Å². The molecule has 20 heavy (non-hydrogen) atoms. The SMILES string of the molecule is CO[C@H]1COCCN(Cc2ccccc2C(F)(F)F)C1. The fraction of sp³-hybridized carbons (Fsp3) is 0.571. The Balaban J connectivity index is 2.13. The number of methoxy groups -OCH3 is 1. The Hall–Kier alpha value is -1.11. The van der Waals surface area contributed by atoms with Gasteiger partial charge in [0.1, 0.15) is 0 Å². The van der Waals surface area contributed by atoms with E-state index in [-0.39, 0.29) is 18.2 Å². The topological polar surface area (TPSA) is 21.7 Å². The summed E-state index contributed by atoms with van der Waals surface area (Å²) < 4.78 is 49.5. The first kappa shape index (κ1) is 15.3. The normalized spacial score (nSPS) is 21.7. The molecular weight excluding hydrogens is 271 g/mol. The number of halogens is 3. The van der Waals surface area contributed by atoms with Crippen molar-refractivity contribution < 1.29 is 22.6 Å². The van der Waals surface area contributed by atoms with Crippen LogP contribution in [0.4, 0.5) is 13.2 Å². The lowest BCUT2D eigenvalue weighted by Gasteiger charge is -2.24. The van der Waals surface area contributed by atoms with Gasteiger partial charge < -0.3 is 9.47 Å². The molecule has 1 heterocycles. The van der Waals surface area contributed by atoms with Crippen LogP contribution in [-0.4, -0.2) is 44.4 Å². The molecule has 6 heteroatoms. The van der Waals surface area contributed by atoms with Crippen molar-refractivity contribution in [2.75, 3.05) is 33.4 Å². The minimum Gasteiger partial charge on any atom is -0.378 e. The Morgan fingerprint density at radius 3 is 2.80 bits per heavy atom. The van der Waals surface area contributed by atoms with Gasteiger partial charge >= 0.3 is 6.18 Å². The fourth-order valence-corrected chi connectivity index (χ4v) is 2.30. The first-order chi connectivity index (χ1) is 9.50. The second kappa shape index (κ2) is 6.56. The van der Waals surface area contributed by atoms with Crippen LogP contribution in [0.15, 0.2) is 24.3 Å². The summed E-state index contributed by atoms with van der Waals surface area (Å²) in [5.74, 6) is 0. The molecule has 1 saturated heterocycles. The van der Waals surface area contributed by atoms with Crippen LogP contribution in [0.2, 0.25) is 0 Å². The van der Waals surface area contributed by atoms with Crippen molar-refractivity contribution in [1.82, 2.24) is 4.90 Å². The van der Waals surface area contributed by atoms with Gasteiger partial charge in [0, 0.05) is 26.7 Å². The van der Waals surface area contributed by atoms with Gasteiger partial charge in [0.15, 0.2) is 0 Å². The van der Waals surface area contributed by atoms with E-state index >= 15 is 0 Å². The van der Waals surface area contributed by atoms with Crippen LogP contribution in [-0.2, 0) is 22.2 Å². The lowest BCUT2D eigenvalue weighted by Crippen LogP contribution is -2.33. The van der Waals surface area contributed by atoms with Gasteiger partial charge in [0.25, 0.3) is 0 Å². The average molecular weight is 289 g/mol. The third-order valence-corrected chi connectivity index (χ3v) is 3.37. The zero-order valence-corrected chi connectivity index (χ0v) is 11.3. The van der Waals surface area contributed by atoms with Crippen molar-refractivity contribution in [1.29, 1.82) is 0 Å². The molecule has 0 aromatic heterocycles. The molecule has 0 bridgehead atoms. The third-order valence-electron chi connectivity index (χ3n) is 3.37. The van der Waals surface area contributed by atoms with E-state index in [0.717, 1.165) is 6.07 Å². The molecule has 1 atom stereocenters. The summed E-state index contributed by atoms with van der Waals surface area (Å²) in [5.41, 5.74) is -0.282. The number of benzene rings is 1. The zero-order chi connectivity index (χ0) is 14.6. The van der Waals surface area contributed by atoms with Gasteiger partial charge in [-0.25, -0.2) is 0 Å². The van der Waals surface area contributed by atoms with Crippen molar-refractivity contribution in [2.24, 2.45) is 0 Å². The van der Waals surface area contributed by atoms with E-state index < -0.39 is 11.7 Å². The predicted octanol–water partition coefficient (Wildman–Crippen LogP) is 2.55. The second-order valence-corrected chi connectivity index (χ2v) is 4.82. The van der Waals surface area contributed by atoms with Crippen LogP contribution in [0.3, 0.4) is 0 Å². The number of rotatable bonds is 3. The van der Waals surface area contributed by atoms with Crippen LogP contribution in [0, 0.1) is 0 Å². The highest BCUT2D eigenvalue weighted by Gasteiger charge is 2.33. The Morgan fingerprint density at radius 1 is 1.35 bits per heavy atom. The number of nitrogens with zero attached hydrogens (tertiary/aromatic N) is 1. The molecule has 1 aromatic carbocycles. The van der Waals surface area contributed by atoms with E-state index in [1.54, 1.807) is 13.2 Å². The summed E-state index contributed by atoms with van der Waals surface area (Å²) in [4.78, 5) is 1.94. The Labute approximate surface area is 116 Å². The molecule has 1 aliphatic heterocycles. The number of alkyl halides is 3. The minimum absolute atomic E-state index is 0.101. The molecule has 1 aromatic rings. The van der Waals surface area contributed by atoms with Crippen molar-refractivity contribution >= 4 is 0 Å². The first-order valence-corrected chi connectivity index (χ1v) is 6.48. The highest BCUT2D eigenvalue weighted by molar-refractivity contribution is 5.29.